The van der Waals surface area contributed by atoms with Gasteiger partial charge in [0.2, 0.25) is 5.95 Å². The van der Waals surface area contributed by atoms with Crippen LogP contribution in [-0.4, -0.2) is 60.8 Å². The molecule has 2 saturated heterocycles. The first-order valence-corrected chi connectivity index (χ1v) is 12.0. The number of aromatic nitrogens is 4. The summed E-state index contributed by atoms with van der Waals surface area (Å²) < 4.78 is 36.7. The van der Waals surface area contributed by atoms with Gasteiger partial charge in [0.1, 0.15) is 17.8 Å². The predicted molar refractivity (Wildman–Crippen MR) is 117 cm³/mol. The molecular weight excluding hydrogens is 469 g/mol. The molecule has 3 aromatic heterocycles. The van der Waals surface area contributed by atoms with Crippen LogP contribution < -0.4 is 11.3 Å². The Kier molecular flexibility index (Phi) is 5.81. The summed E-state index contributed by atoms with van der Waals surface area (Å²) in [5, 5.41) is 22.0. The minimum Gasteiger partial charge on any atom is -0.387 e. The maximum absolute atomic E-state index is 13.1. The first-order valence-electron chi connectivity index (χ1n) is 10.6. The molecule has 14 heteroatoms. The van der Waals surface area contributed by atoms with Crippen LogP contribution in [0.25, 0.3) is 11.0 Å². The number of H-pyrrole nitrogens is 1. The summed E-state index contributed by atoms with van der Waals surface area (Å²) in [5.41, 5.74) is 4.36. The van der Waals surface area contributed by atoms with Crippen molar-refractivity contribution in [1.29, 1.82) is 0 Å². The molecule has 0 bridgehead atoms. The molecule has 5 rings (SSSR count). The van der Waals surface area contributed by atoms with Crippen LogP contribution in [-0.2, 0) is 22.9 Å². The van der Waals surface area contributed by atoms with Crippen LogP contribution in [0.4, 0.5) is 5.95 Å². The smallest absolute Gasteiger partial charge is 0.387 e. The topological polar surface area (TPSA) is 184 Å². The number of aliphatic hydroxyl groups excluding tert-OH is 1. The number of rotatable bonds is 5. The number of nitrogens with zero attached hydrogens (tertiary/aromatic N) is 3. The lowest BCUT2D eigenvalue weighted by atomic mass is 9.96. The van der Waals surface area contributed by atoms with Crippen LogP contribution in [0.15, 0.2) is 41.6 Å². The molecule has 34 heavy (non-hydrogen) atoms. The number of nitrogens with two attached hydrogens (primary N) is 1. The van der Waals surface area contributed by atoms with Gasteiger partial charge in [-0.15, -0.1) is 0 Å². The quantitative estimate of drug-likeness (QED) is 0.372. The normalized spacial score (nSPS) is 34.0. The first-order chi connectivity index (χ1) is 16.2. The SMILES string of the molecule is C[C@@]1(O)[C@H](O)[C@@H](CO[P@@]2(=O)OCC[C@@H](c3ccncc3)O2)O[C@H]1n1ccc2c(=O)[nH]c(N)nc21. The third-order valence-electron chi connectivity index (χ3n) is 5.97. The number of phosphoric acid groups is 1. The van der Waals surface area contributed by atoms with Crippen molar-refractivity contribution in [3.05, 3.63) is 52.7 Å². The Bertz CT molecular complexity index is 1300. The predicted octanol–water partition coefficient (Wildman–Crippen LogP) is 1.01. The summed E-state index contributed by atoms with van der Waals surface area (Å²) in [7, 11) is -3.96. The van der Waals surface area contributed by atoms with Gasteiger partial charge >= 0.3 is 7.82 Å². The van der Waals surface area contributed by atoms with Gasteiger partial charge in [0.15, 0.2) is 11.9 Å². The molecule has 13 nitrogen and oxygen atoms in total. The highest BCUT2D eigenvalue weighted by molar-refractivity contribution is 7.48. The average molecular weight is 493 g/mol. The Morgan fingerprint density at radius 1 is 1.38 bits per heavy atom. The molecule has 0 spiro atoms. The zero-order valence-electron chi connectivity index (χ0n) is 18.1. The summed E-state index contributed by atoms with van der Waals surface area (Å²) in [6, 6.07) is 5.00. The Morgan fingerprint density at radius 2 is 2.15 bits per heavy atom. The monoisotopic (exact) mass is 493 g/mol. The van der Waals surface area contributed by atoms with Crippen molar-refractivity contribution >= 4 is 24.8 Å². The second kappa shape index (κ2) is 8.54. The zero-order valence-corrected chi connectivity index (χ0v) is 19.0. The molecule has 0 amide bonds. The largest absolute Gasteiger partial charge is 0.475 e. The molecule has 0 unspecified atom stereocenters. The summed E-state index contributed by atoms with van der Waals surface area (Å²) in [6.45, 7) is 1.14. The maximum Gasteiger partial charge on any atom is 0.475 e. The Balaban J connectivity index is 1.33. The van der Waals surface area contributed by atoms with Crippen LogP contribution in [0, 0.1) is 0 Å². The van der Waals surface area contributed by atoms with E-state index in [2.05, 4.69) is 15.0 Å². The van der Waals surface area contributed by atoms with E-state index in [-0.39, 0.29) is 30.2 Å². The van der Waals surface area contributed by atoms with Crippen molar-refractivity contribution in [3.8, 4) is 0 Å². The van der Waals surface area contributed by atoms with E-state index in [1.54, 1.807) is 24.5 Å². The average Bonchev–Trinajstić information content (AvgIpc) is 3.32. The number of phosphoric ester groups is 1. The van der Waals surface area contributed by atoms with E-state index in [0.29, 0.717) is 6.42 Å². The van der Waals surface area contributed by atoms with Crippen molar-refractivity contribution in [2.45, 2.75) is 43.5 Å². The van der Waals surface area contributed by atoms with Gasteiger partial charge in [-0.25, -0.2) is 4.57 Å². The van der Waals surface area contributed by atoms with Crippen LogP contribution >= 0.6 is 7.82 Å². The van der Waals surface area contributed by atoms with Crippen LogP contribution in [0.2, 0.25) is 0 Å². The van der Waals surface area contributed by atoms with E-state index < -0.39 is 43.5 Å². The Morgan fingerprint density at radius 3 is 2.91 bits per heavy atom. The van der Waals surface area contributed by atoms with Gasteiger partial charge in [0, 0.05) is 25.0 Å². The number of aromatic amines is 1. The summed E-state index contributed by atoms with van der Waals surface area (Å²) in [4.78, 5) is 22.6. The number of hydrogen-bond acceptors (Lipinski definition) is 11. The zero-order chi connectivity index (χ0) is 24.1. The standard InChI is InChI=1S/C20H24N5O8P/c1-20(28)15(26)14(32-18(20)25-8-4-12-16(25)23-19(21)24-17(12)27)10-31-34(29)30-9-5-13(33-34)11-2-6-22-7-3-11/h2-4,6-8,13-15,18,26,28H,5,9-10H2,1H3,(H3,21,23,24,27)/t13-,14+,15+,18+,20+,34+/m0/s1. The summed E-state index contributed by atoms with van der Waals surface area (Å²) >= 11 is 0. The minimum absolute atomic E-state index is 0.107. The second-order valence-corrected chi connectivity index (χ2v) is 9.97. The molecule has 0 radical (unpaired) electrons. The molecule has 2 aliphatic heterocycles. The fourth-order valence-electron chi connectivity index (χ4n) is 4.18. The number of ether oxygens (including phenoxy) is 1. The number of hydrogen-bond donors (Lipinski definition) is 4. The van der Waals surface area contributed by atoms with E-state index >= 15 is 0 Å². The maximum atomic E-state index is 13.1. The number of nitrogen functional groups attached to an aromatic ring is 1. The van der Waals surface area contributed by atoms with E-state index in [4.69, 9.17) is 24.0 Å². The lowest BCUT2D eigenvalue weighted by Crippen LogP contribution is -2.44. The van der Waals surface area contributed by atoms with Gasteiger partial charge in [-0.1, -0.05) is 0 Å². The third-order valence-corrected chi connectivity index (χ3v) is 7.44. The van der Waals surface area contributed by atoms with Gasteiger partial charge in [-0.05, 0) is 30.7 Å². The van der Waals surface area contributed by atoms with E-state index in [1.807, 2.05) is 0 Å². The molecule has 2 aliphatic rings. The van der Waals surface area contributed by atoms with Crippen LogP contribution in [0.5, 0.6) is 0 Å². The molecule has 182 valence electrons. The van der Waals surface area contributed by atoms with Crippen molar-refractivity contribution in [3.63, 3.8) is 0 Å². The molecule has 5 N–H and O–H groups in total. The number of aliphatic hydroxyl groups is 2. The minimum atomic E-state index is -3.96. The number of anilines is 1. The molecule has 2 fully saturated rings. The van der Waals surface area contributed by atoms with Crippen molar-refractivity contribution in [2.75, 3.05) is 18.9 Å². The lowest BCUT2D eigenvalue weighted by Gasteiger charge is -2.30. The van der Waals surface area contributed by atoms with Crippen LogP contribution in [0.1, 0.15) is 31.2 Å². The van der Waals surface area contributed by atoms with E-state index in [0.717, 1.165) is 5.56 Å². The van der Waals surface area contributed by atoms with E-state index in [9.17, 15) is 19.6 Å². The van der Waals surface area contributed by atoms with Crippen molar-refractivity contribution < 1.29 is 33.1 Å². The van der Waals surface area contributed by atoms with Gasteiger partial charge in [-0.3, -0.25) is 28.3 Å². The lowest BCUT2D eigenvalue weighted by molar-refractivity contribution is -0.0950. The molecule has 0 aromatic carbocycles. The highest BCUT2D eigenvalue weighted by Gasteiger charge is 2.54. The molecule has 5 heterocycles. The molecule has 0 aliphatic carbocycles. The number of fused-ring (bicyclic) bond motifs is 1. The molecular formula is C20H24N5O8P. The van der Waals surface area contributed by atoms with Gasteiger partial charge in [-0.2, -0.15) is 4.98 Å². The number of pyridine rings is 1. The highest BCUT2D eigenvalue weighted by Crippen LogP contribution is 2.57. The second-order valence-electron chi connectivity index (χ2n) is 8.35. The van der Waals surface area contributed by atoms with Gasteiger partial charge in [0.25, 0.3) is 5.56 Å². The fraction of sp³-hybridized carbons (Fsp3) is 0.450. The van der Waals surface area contributed by atoms with Crippen molar-refractivity contribution in [1.82, 2.24) is 19.5 Å². The first kappa shape index (κ1) is 23.1. The summed E-state index contributed by atoms with van der Waals surface area (Å²) in [6.07, 6.45) is 1.02. The van der Waals surface area contributed by atoms with Gasteiger partial charge in [0.05, 0.1) is 24.7 Å². The fourth-order valence-corrected chi connectivity index (χ4v) is 5.57. The van der Waals surface area contributed by atoms with Crippen molar-refractivity contribution in [2.24, 2.45) is 0 Å². The van der Waals surface area contributed by atoms with Gasteiger partial charge < -0.3 is 25.3 Å². The highest BCUT2D eigenvalue weighted by atomic mass is 31.2. The van der Waals surface area contributed by atoms with Crippen LogP contribution in [0.3, 0.4) is 0 Å². The molecule has 0 saturated carbocycles. The Hall–Kier alpha value is -2.64. The summed E-state index contributed by atoms with van der Waals surface area (Å²) in [5.74, 6) is -0.107. The molecule has 3 aromatic rings. The third kappa shape index (κ3) is 4.05. The number of nitrogens with one attached hydrogen (secondary N) is 1. The Labute approximate surface area is 193 Å². The van der Waals surface area contributed by atoms with E-state index in [1.165, 1.54) is 23.8 Å². The molecule has 6 atom stereocenters.